The summed E-state index contributed by atoms with van der Waals surface area (Å²) in [7, 11) is 1.76. The molecule has 0 bridgehead atoms. The molecule has 0 spiro atoms. The number of rotatable bonds is 6. The summed E-state index contributed by atoms with van der Waals surface area (Å²) in [5.74, 6) is -0.124. The van der Waals surface area contributed by atoms with E-state index in [0.29, 0.717) is 17.1 Å². The number of nitrogens with zero attached hydrogens (tertiary/aromatic N) is 2. The Morgan fingerprint density at radius 1 is 1.12 bits per heavy atom. The van der Waals surface area contributed by atoms with E-state index in [-0.39, 0.29) is 30.6 Å². The van der Waals surface area contributed by atoms with Crippen molar-refractivity contribution in [3.8, 4) is 0 Å². The van der Waals surface area contributed by atoms with Gasteiger partial charge in [0.25, 0.3) is 0 Å². The fourth-order valence-corrected chi connectivity index (χ4v) is 2.20. The van der Waals surface area contributed by atoms with Crippen molar-refractivity contribution in [3.05, 3.63) is 48.0 Å². The van der Waals surface area contributed by atoms with Gasteiger partial charge in [-0.1, -0.05) is 20.8 Å². The summed E-state index contributed by atoms with van der Waals surface area (Å²) in [6.07, 6.45) is 3.45. The van der Waals surface area contributed by atoms with E-state index in [2.05, 4.69) is 15.6 Å². The molecule has 1 aromatic carbocycles. The van der Waals surface area contributed by atoms with Crippen molar-refractivity contribution < 1.29 is 14.4 Å². The third-order valence-corrected chi connectivity index (χ3v) is 3.77. The van der Waals surface area contributed by atoms with Crippen LogP contribution in [0, 0.1) is 5.41 Å². The van der Waals surface area contributed by atoms with Crippen molar-refractivity contribution in [1.82, 2.24) is 14.9 Å². The highest BCUT2D eigenvalue weighted by atomic mass is 16.2. The maximum absolute atomic E-state index is 12.3. The lowest BCUT2D eigenvalue weighted by molar-refractivity contribution is -0.128. The van der Waals surface area contributed by atoms with Crippen LogP contribution in [0.4, 0.5) is 5.69 Å². The Bertz CT molecular complexity index is 801. The predicted molar refractivity (Wildman–Crippen MR) is 98.8 cm³/mol. The number of nitrogens with one attached hydrogen (secondary N) is 2. The smallest absolute Gasteiger partial charge is 0.228 e. The average molecular weight is 356 g/mol. The van der Waals surface area contributed by atoms with Crippen LogP contribution in [0.5, 0.6) is 0 Å². The predicted octanol–water partition coefficient (Wildman–Crippen LogP) is 2.14. The van der Waals surface area contributed by atoms with Crippen molar-refractivity contribution >= 4 is 23.3 Å². The summed E-state index contributed by atoms with van der Waals surface area (Å²) >= 11 is 0. The second kappa shape index (κ2) is 7.95. The standard InChI is InChI=1S/C19H24N4O3/c1-19(2,3)18(26)21-10-9-15(24)22-14-7-5-13(6-8-14)16(25)17-20-11-12-23(17)4/h5-8,11-12H,9-10H2,1-4H3,(H,21,26)(H,22,24). The Balaban J connectivity index is 1.87. The molecule has 2 aromatic rings. The number of hydrogen-bond acceptors (Lipinski definition) is 4. The van der Waals surface area contributed by atoms with Gasteiger partial charge >= 0.3 is 0 Å². The Kier molecular flexibility index (Phi) is 5.92. The molecule has 0 unspecified atom stereocenters. The molecule has 2 rings (SSSR count). The Morgan fingerprint density at radius 2 is 1.77 bits per heavy atom. The molecule has 0 saturated heterocycles. The van der Waals surface area contributed by atoms with Crippen LogP contribution in [0.15, 0.2) is 36.7 Å². The summed E-state index contributed by atoms with van der Waals surface area (Å²) in [5, 5.41) is 5.47. The molecule has 0 aliphatic carbocycles. The maximum Gasteiger partial charge on any atom is 0.228 e. The van der Waals surface area contributed by atoms with Gasteiger partial charge < -0.3 is 15.2 Å². The Morgan fingerprint density at radius 3 is 2.31 bits per heavy atom. The normalized spacial score (nSPS) is 11.1. The largest absolute Gasteiger partial charge is 0.355 e. The molecule has 2 amide bonds. The number of ketones is 1. The second-order valence-electron chi connectivity index (χ2n) is 7.07. The van der Waals surface area contributed by atoms with Crippen molar-refractivity contribution in [2.45, 2.75) is 27.2 Å². The van der Waals surface area contributed by atoms with E-state index in [9.17, 15) is 14.4 Å². The molecule has 7 nitrogen and oxygen atoms in total. The summed E-state index contributed by atoms with van der Waals surface area (Å²) in [5.41, 5.74) is 0.606. The summed E-state index contributed by atoms with van der Waals surface area (Å²) in [4.78, 5) is 40.1. The van der Waals surface area contributed by atoms with E-state index in [1.165, 1.54) is 0 Å². The van der Waals surface area contributed by atoms with Crippen molar-refractivity contribution in [3.63, 3.8) is 0 Å². The number of imidazole rings is 1. The van der Waals surface area contributed by atoms with E-state index in [1.54, 1.807) is 48.3 Å². The topological polar surface area (TPSA) is 93.1 Å². The lowest BCUT2D eigenvalue weighted by Crippen LogP contribution is -2.36. The van der Waals surface area contributed by atoms with Crippen LogP contribution in [0.2, 0.25) is 0 Å². The minimum Gasteiger partial charge on any atom is -0.355 e. The lowest BCUT2D eigenvalue weighted by Gasteiger charge is -2.17. The summed E-state index contributed by atoms with van der Waals surface area (Å²) in [6, 6.07) is 6.63. The first-order valence-corrected chi connectivity index (χ1v) is 8.39. The highest BCUT2D eigenvalue weighted by Crippen LogP contribution is 2.14. The van der Waals surface area contributed by atoms with Gasteiger partial charge in [0.2, 0.25) is 17.6 Å². The van der Waals surface area contributed by atoms with Crippen LogP contribution in [0.1, 0.15) is 43.4 Å². The van der Waals surface area contributed by atoms with E-state index in [4.69, 9.17) is 0 Å². The van der Waals surface area contributed by atoms with E-state index in [1.807, 2.05) is 20.8 Å². The van der Waals surface area contributed by atoms with E-state index < -0.39 is 5.41 Å². The van der Waals surface area contributed by atoms with Gasteiger partial charge in [-0.15, -0.1) is 0 Å². The molecule has 0 radical (unpaired) electrons. The number of hydrogen-bond donors (Lipinski definition) is 2. The number of anilines is 1. The zero-order valence-corrected chi connectivity index (χ0v) is 15.5. The van der Waals surface area contributed by atoms with E-state index >= 15 is 0 Å². The minimum absolute atomic E-state index is 0.0950. The fraction of sp³-hybridized carbons (Fsp3) is 0.368. The molecular weight excluding hydrogens is 332 g/mol. The summed E-state index contributed by atoms with van der Waals surface area (Å²) in [6.45, 7) is 5.72. The molecule has 0 fully saturated rings. The molecule has 26 heavy (non-hydrogen) atoms. The molecule has 1 heterocycles. The second-order valence-corrected chi connectivity index (χ2v) is 7.07. The first kappa shape index (κ1) is 19.4. The van der Waals surface area contributed by atoms with Crippen molar-refractivity contribution in [2.24, 2.45) is 12.5 Å². The highest BCUT2D eigenvalue weighted by molar-refractivity contribution is 6.07. The zero-order valence-electron chi connectivity index (χ0n) is 15.5. The number of benzene rings is 1. The fourth-order valence-electron chi connectivity index (χ4n) is 2.20. The molecule has 7 heteroatoms. The molecular formula is C19H24N4O3. The minimum atomic E-state index is -0.480. The quantitative estimate of drug-likeness (QED) is 0.776. The third kappa shape index (κ3) is 5.02. The number of carbonyl (C=O) groups is 3. The average Bonchev–Trinajstić information content (AvgIpc) is 3.00. The van der Waals surface area contributed by atoms with Crippen LogP contribution in [-0.2, 0) is 16.6 Å². The van der Waals surface area contributed by atoms with Crippen LogP contribution in [0.25, 0.3) is 0 Å². The SMILES string of the molecule is Cn1ccnc1C(=O)c1ccc(NC(=O)CCNC(=O)C(C)(C)C)cc1. The van der Waals surface area contributed by atoms with Crippen molar-refractivity contribution in [2.75, 3.05) is 11.9 Å². The van der Waals surface area contributed by atoms with Gasteiger partial charge in [-0.3, -0.25) is 14.4 Å². The molecule has 0 aliphatic heterocycles. The monoisotopic (exact) mass is 356 g/mol. The van der Waals surface area contributed by atoms with Crippen molar-refractivity contribution in [1.29, 1.82) is 0 Å². The van der Waals surface area contributed by atoms with Gasteiger partial charge in [0, 0.05) is 49.1 Å². The number of amides is 2. The third-order valence-electron chi connectivity index (χ3n) is 3.77. The molecule has 1 aromatic heterocycles. The number of carbonyl (C=O) groups excluding carboxylic acids is 3. The van der Waals surface area contributed by atoms with Crippen LogP contribution in [-0.4, -0.2) is 33.7 Å². The first-order valence-electron chi connectivity index (χ1n) is 8.39. The maximum atomic E-state index is 12.3. The van der Waals surface area contributed by atoms with Gasteiger partial charge in [-0.05, 0) is 24.3 Å². The Labute approximate surface area is 152 Å². The first-order chi connectivity index (χ1) is 12.2. The van der Waals surface area contributed by atoms with Gasteiger partial charge in [0.05, 0.1) is 0 Å². The number of aryl methyl sites for hydroxylation is 1. The van der Waals surface area contributed by atoms with Gasteiger partial charge in [0.15, 0.2) is 5.82 Å². The van der Waals surface area contributed by atoms with Crippen LogP contribution < -0.4 is 10.6 Å². The number of aromatic nitrogens is 2. The zero-order chi connectivity index (χ0) is 19.3. The lowest BCUT2D eigenvalue weighted by atomic mass is 9.96. The van der Waals surface area contributed by atoms with Gasteiger partial charge in [-0.2, -0.15) is 0 Å². The van der Waals surface area contributed by atoms with E-state index in [0.717, 1.165) is 0 Å². The molecule has 0 saturated carbocycles. The molecule has 0 aliphatic rings. The molecule has 0 atom stereocenters. The van der Waals surface area contributed by atoms with Gasteiger partial charge in [0.1, 0.15) is 0 Å². The summed E-state index contributed by atoms with van der Waals surface area (Å²) < 4.78 is 1.66. The van der Waals surface area contributed by atoms with Crippen LogP contribution in [0.3, 0.4) is 0 Å². The molecule has 2 N–H and O–H groups in total. The van der Waals surface area contributed by atoms with Gasteiger partial charge in [-0.25, -0.2) is 4.98 Å². The highest BCUT2D eigenvalue weighted by Gasteiger charge is 2.20. The Hall–Kier alpha value is -2.96. The van der Waals surface area contributed by atoms with Crippen LogP contribution >= 0.6 is 0 Å². The molecule has 138 valence electrons.